The summed E-state index contributed by atoms with van der Waals surface area (Å²) in [6.45, 7) is 6.72. The smallest absolute Gasteiger partial charge is 0.415 e. The molecule has 0 bridgehead atoms. The van der Waals surface area contributed by atoms with Gasteiger partial charge in [0.15, 0.2) is 0 Å². The number of ether oxygens (including phenoxy) is 2. The Balaban J connectivity index is 1.44. The highest BCUT2D eigenvalue weighted by Crippen LogP contribution is 2.45. The van der Waals surface area contributed by atoms with Crippen LogP contribution in [0.3, 0.4) is 0 Å². The van der Waals surface area contributed by atoms with Crippen molar-refractivity contribution in [3.8, 4) is 5.75 Å². The van der Waals surface area contributed by atoms with E-state index in [0.29, 0.717) is 30.7 Å². The number of alkyl carbamates (subject to hydrolysis) is 1. The van der Waals surface area contributed by atoms with E-state index in [1.54, 1.807) is 17.0 Å². The van der Waals surface area contributed by atoms with Crippen LogP contribution in [0.4, 0.5) is 9.59 Å². The number of carbonyl (C=O) groups is 2. The summed E-state index contributed by atoms with van der Waals surface area (Å²) >= 11 is 0. The number of fused-ring (bicyclic) bond motifs is 1. The molecule has 1 saturated carbocycles. The molecule has 1 aliphatic heterocycles. The van der Waals surface area contributed by atoms with Crippen LogP contribution in [0.5, 0.6) is 5.75 Å². The summed E-state index contributed by atoms with van der Waals surface area (Å²) in [6, 6.07) is 9.12. The van der Waals surface area contributed by atoms with Crippen LogP contribution >= 0.6 is 0 Å². The Hall–Kier alpha value is -2.24. The second kappa shape index (κ2) is 5.76. The van der Waals surface area contributed by atoms with E-state index >= 15 is 0 Å². The Morgan fingerprint density at radius 3 is 2.30 bits per heavy atom. The van der Waals surface area contributed by atoms with E-state index in [1.807, 2.05) is 39.0 Å². The topological polar surface area (TPSA) is 67.9 Å². The number of nitrogens with one attached hydrogen (secondary N) is 1. The molecule has 1 N–H and O–H groups in total. The summed E-state index contributed by atoms with van der Waals surface area (Å²) < 4.78 is 10.6. The van der Waals surface area contributed by atoms with Crippen LogP contribution in [0.25, 0.3) is 0 Å². The third-order valence-electron chi connectivity index (χ3n) is 4.08. The maximum absolute atomic E-state index is 12.1. The zero-order valence-electron chi connectivity index (χ0n) is 13.6. The van der Waals surface area contributed by atoms with Crippen LogP contribution in [-0.2, 0) is 4.74 Å². The van der Waals surface area contributed by atoms with Crippen molar-refractivity contribution in [1.29, 1.82) is 0 Å². The number of carbonyl (C=O) groups excluding carboxylic acids is 2. The molecule has 1 heterocycles. The normalized spacial score (nSPS) is 25.5. The highest BCUT2D eigenvalue weighted by atomic mass is 16.6. The second-order valence-electron chi connectivity index (χ2n) is 7.09. The molecule has 0 aromatic heterocycles. The number of hydrogen-bond donors (Lipinski definition) is 1. The fraction of sp³-hybridized carbons (Fsp3) is 0.529. The molecule has 2 amide bonds. The van der Waals surface area contributed by atoms with Gasteiger partial charge in [0.2, 0.25) is 0 Å². The fourth-order valence-corrected chi connectivity index (χ4v) is 2.99. The van der Waals surface area contributed by atoms with Gasteiger partial charge >= 0.3 is 12.2 Å². The molecule has 1 saturated heterocycles. The average Bonchev–Trinajstić information content (AvgIpc) is 2.91. The Morgan fingerprint density at radius 2 is 1.74 bits per heavy atom. The van der Waals surface area contributed by atoms with Gasteiger partial charge in [-0.1, -0.05) is 18.2 Å². The van der Waals surface area contributed by atoms with E-state index in [2.05, 4.69) is 5.32 Å². The minimum atomic E-state index is -0.500. The molecule has 23 heavy (non-hydrogen) atoms. The molecule has 6 heteroatoms. The highest BCUT2D eigenvalue weighted by Gasteiger charge is 2.58. The van der Waals surface area contributed by atoms with Crippen molar-refractivity contribution in [2.24, 2.45) is 11.8 Å². The number of likely N-dealkylation sites (tertiary alicyclic amines) is 1. The molecule has 1 aromatic carbocycles. The first-order valence-electron chi connectivity index (χ1n) is 7.85. The molecule has 0 radical (unpaired) electrons. The monoisotopic (exact) mass is 318 g/mol. The Labute approximate surface area is 135 Å². The van der Waals surface area contributed by atoms with Gasteiger partial charge in [0.1, 0.15) is 11.4 Å². The molecular formula is C17H22N2O4. The quantitative estimate of drug-likeness (QED) is 0.910. The second-order valence-corrected chi connectivity index (χ2v) is 7.09. The van der Waals surface area contributed by atoms with Crippen LogP contribution in [0, 0.1) is 11.8 Å². The zero-order chi connectivity index (χ0) is 16.6. The summed E-state index contributed by atoms with van der Waals surface area (Å²) in [5.41, 5.74) is -0.500. The molecule has 2 fully saturated rings. The van der Waals surface area contributed by atoms with E-state index in [1.165, 1.54) is 0 Å². The third-order valence-corrected chi connectivity index (χ3v) is 4.08. The van der Waals surface area contributed by atoms with Crippen molar-refractivity contribution in [2.75, 3.05) is 13.1 Å². The number of para-hydroxylation sites is 1. The molecule has 124 valence electrons. The van der Waals surface area contributed by atoms with Crippen LogP contribution < -0.4 is 10.1 Å². The molecular weight excluding hydrogens is 296 g/mol. The van der Waals surface area contributed by atoms with Gasteiger partial charge < -0.3 is 19.7 Å². The van der Waals surface area contributed by atoms with Gasteiger partial charge in [-0.05, 0) is 32.9 Å². The van der Waals surface area contributed by atoms with Crippen LogP contribution in [0.1, 0.15) is 20.8 Å². The molecule has 2 aliphatic rings. The molecule has 1 aromatic rings. The SMILES string of the molecule is CC(C)(C)OC(=O)NC1C2CN(C(=O)Oc3ccccc3)CC21. The van der Waals surface area contributed by atoms with Gasteiger partial charge in [-0.2, -0.15) is 0 Å². The largest absolute Gasteiger partial charge is 0.444 e. The molecule has 2 unspecified atom stereocenters. The lowest BCUT2D eigenvalue weighted by Gasteiger charge is -2.22. The summed E-state index contributed by atoms with van der Waals surface area (Å²) in [6.07, 6.45) is -0.727. The lowest BCUT2D eigenvalue weighted by atomic mass is 10.2. The predicted molar refractivity (Wildman–Crippen MR) is 84.2 cm³/mol. The van der Waals surface area contributed by atoms with E-state index in [-0.39, 0.29) is 12.1 Å². The number of rotatable bonds is 2. The van der Waals surface area contributed by atoms with Crippen molar-refractivity contribution >= 4 is 12.2 Å². The van der Waals surface area contributed by atoms with E-state index < -0.39 is 11.7 Å². The standard InChI is InChI=1S/C17H22N2O4/c1-17(2,3)23-15(20)18-14-12-9-19(10-13(12)14)16(21)22-11-7-5-4-6-8-11/h4-8,12-14H,9-10H2,1-3H3,(H,18,20). The first kappa shape index (κ1) is 15.6. The van der Waals surface area contributed by atoms with Gasteiger partial charge in [-0.15, -0.1) is 0 Å². The van der Waals surface area contributed by atoms with Gasteiger partial charge in [0.05, 0.1) is 0 Å². The minimum absolute atomic E-state index is 0.102. The Kier molecular flexibility index (Phi) is 3.92. The van der Waals surface area contributed by atoms with Crippen LogP contribution in [0.15, 0.2) is 30.3 Å². The van der Waals surface area contributed by atoms with Crippen LogP contribution in [-0.4, -0.2) is 41.8 Å². The van der Waals surface area contributed by atoms with Crippen molar-refractivity contribution in [3.05, 3.63) is 30.3 Å². The summed E-state index contributed by atoms with van der Waals surface area (Å²) in [7, 11) is 0. The number of benzene rings is 1. The van der Waals surface area contributed by atoms with E-state index in [0.717, 1.165) is 0 Å². The van der Waals surface area contributed by atoms with Gasteiger partial charge in [0, 0.05) is 31.0 Å². The van der Waals surface area contributed by atoms with E-state index in [9.17, 15) is 9.59 Å². The third kappa shape index (κ3) is 3.75. The summed E-state index contributed by atoms with van der Waals surface area (Å²) in [4.78, 5) is 25.5. The Bertz CT molecular complexity index is 584. The molecule has 6 nitrogen and oxygen atoms in total. The van der Waals surface area contributed by atoms with Crippen molar-refractivity contribution in [2.45, 2.75) is 32.4 Å². The first-order valence-corrected chi connectivity index (χ1v) is 7.85. The van der Waals surface area contributed by atoms with Crippen molar-refractivity contribution < 1.29 is 19.1 Å². The van der Waals surface area contributed by atoms with E-state index in [4.69, 9.17) is 9.47 Å². The van der Waals surface area contributed by atoms with Gasteiger partial charge in [-0.25, -0.2) is 9.59 Å². The number of amides is 2. The average molecular weight is 318 g/mol. The molecule has 1 aliphatic carbocycles. The Morgan fingerprint density at radius 1 is 1.13 bits per heavy atom. The fourth-order valence-electron chi connectivity index (χ4n) is 2.99. The predicted octanol–water partition coefficient (Wildman–Crippen LogP) is 2.64. The maximum atomic E-state index is 12.1. The zero-order valence-corrected chi connectivity index (χ0v) is 13.6. The number of piperidine rings is 1. The summed E-state index contributed by atoms with van der Waals surface area (Å²) in [5, 5.41) is 2.88. The number of nitrogens with zero attached hydrogens (tertiary/aromatic N) is 1. The highest BCUT2D eigenvalue weighted by molar-refractivity contribution is 5.72. The first-order chi connectivity index (χ1) is 10.8. The molecule has 3 rings (SSSR count). The van der Waals surface area contributed by atoms with Crippen molar-refractivity contribution in [3.63, 3.8) is 0 Å². The van der Waals surface area contributed by atoms with Crippen LogP contribution in [0.2, 0.25) is 0 Å². The maximum Gasteiger partial charge on any atom is 0.415 e. The summed E-state index contributed by atoms with van der Waals surface area (Å²) in [5.74, 6) is 1.14. The molecule has 0 spiro atoms. The number of hydrogen-bond acceptors (Lipinski definition) is 4. The lowest BCUT2D eigenvalue weighted by molar-refractivity contribution is 0.0515. The van der Waals surface area contributed by atoms with Gasteiger partial charge in [0.25, 0.3) is 0 Å². The van der Waals surface area contributed by atoms with Gasteiger partial charge in [-0.3, -0.25) is 0 Å². The lowest BCUT2D eigenvalue weighted by Crippen LogP contribution is -2.40. The van der Waals surface area contributed by atoms with Crippen molar-refractivity contribution in [1.82, 2.24) is 10.2 Å². The minimum Gasteiger partial charge on any atom is -0.444 e. The molecule has 2 atom stereocenters.